The zero-order valence-electron chi connectivity index (χ0n) is 11.9. The number of H-pyrrole nitrogens is 1. The zero-order chi connectivity index (χ0) is 14.7. The number of aromatic nitrogens is 5. The molecule has 0 aromatic carbocycles. The topological polar surface area (TPSA) is 79.4 Å². The van der Waals surface area contributed by atoms with Crippen LogP contribution in [0.15, 0.2) is 41.0 Å². The number of nitrogens with one attached hydrogen (secondary N) is 2. The molecule has 108 valence electrons. The second-order valence-corrected chi connectivity index (χ2v) is 5.60. The summed E-state index contributed by atoms with van der Waals surface area (Å²) < 4.78 is 0. The molecule has 0 radical (unpaired) electrons. The molecule has 0 spiro atoms. The minimum Gasteiger partial charge on any atom is -0.341 e. The van der Waals surface area contributed by atoms with Crippen molar-refractivity contribution >= 4 is 22.9 Å². The Morgan fingerprint density at radius 1 is 1.24 bits per heavy atom. The molecule has 0 saturated carbocycles. The quantitative estimate of drug-likeness (QED) is 0.705. The monoisotopic (exact) mass is 300 g/mol. The fourth-order valence-corrected chi connectivity index (χ4v) is 2.84. The van der Waals surface area contributed by atoms with Crippen LogP contribution in [-0.4, -0.2) is 31.5 Å². The van der Waals surface area contributed by atoms with Gasteiger partial charge < -0.3 is 10.3 Å². The van der Waals surface area contributed by atoms with Crippen LogP contribution in [0.3, 0.4) is 0 Å². The molecule has 1 atom stereocenters. The van der Waals surface area contributed by atoms with Crippen molar-refractivity contribution in [2.24, 2.45) is 0 Å². The Balaban J connectivity index is 1.80. The van der Waals surface area contributed by atoms with Gasteiger partial charge in [0, 0.05) is 12.2 Å². The van der Waals surface area contributed by atoms with Crippen molar-refractivity contribution < 1.29 is 0 Å². The van der Waals surface area contributed by atoms with Crippen molar-refractivity contribution in [3.63, 3.8) is 0 Å². The summed E-state index contributed by atoms with van der Waals surface area (Å²) in [5.74, 6) is 0. The molecule has 3 heterocycles. The molecule has 0 amide bonds. The molecule has 0 aliphatic carbocycles. The third kappa shape index (κ3) is 3.03. The number of nitrogens with zero attached hydrogens (tertiary/aromatic N) is 4. The van der Waals surface area contributed by atoms with Gasteiger partial charge in [0.05, 0.1) is 6.33 Å². The van der Waals surface area contributed by atoms with Gasteiger partial charge in [-0.25, -0.2) is 19.9 Å². The SMILES string of the molecule is CCNC(C)c1ccc(Sc2ncnc3nc[nH]c23)nc1. The van der Waals surface area contributed by atoms with Crippen molar-refractivity contribution in [3.8, 4) is 0 Å². The summed E-state index contributed by atoms with van der Waals surface area (Å²) in [6.07, 6.45) is 5.05. The highest BCUT2D eigenvalue weighted by atomic mass is 32.2. The first-order valence-corrected chi connectivity index (χ1v) is 7.61. The molecule has 0 aliphatic heterocycles. The number of fused-ring (bicyclic) bond motifs is 1. The Hall–Kier alpha value is -1.99. The molecule has 2 N–H and O–H groups in total. The fourth-order valence-electron chi connectivity index (χ4n) is 2.05. The number of imidazole rings is 1. The molecule has 1 unspecified atom stereocenters. The first kappa shape index (κ1) is 14.0. The molecule has 21 heavy (non-hydrogen) atoms. The number of rotatable bonds is 5. The van der Waals surface area contributed by atoms with Crippen LogP contribution >= 0.6 is 11.8 Å². The van der Waals surface area contributed by atoms with E-state index in [9.17, 15) is 0 Å². The third-order valence-electron chi connectivity index (χ3n) is 3.16. The fraction of sp³-hybridized carbons (Fsp3) is 0.286. The van der Waals surface area contributed by atoms with E-state index < -0.39 is 0 Å². The normalized spacial score (nSPS) is 12.7. The standard InChI is InChI=1S/C14H16N6S/c1-3-15-9(2)10-4-5-11(16-6-10)21-14-12-13(18-7-17-12)19-8-20-14/h4-9,15H,3H2,1-2H3,(H,17,18,19,20). The molecule has 3 aromatic rings. The minimum atomic E-state index is 0.305. The van der Waals surface area contributed by atoms with Gasteiger partial charge in [0.25, 0.3) is 0 Å². The van der Waals surface area contributed by atoms with Crippen molar-refractivity contribution in [2.45, 2.75) is 29.9 Å². The molecular weight excluding hydrogens is 284 g/mol. The number of hydrogen-bond donors (Lipinski definition) is 2. The van der Waals surface area contributed by atoms with E-state index in [-0.39, 0.29) is 0 Å². The summed E-state index contributed by atoms with van der Waals surface area (Å²) in [4.78, 5) is 20.1. The summed E-state index contributed by atoms with van der Waals surface area (Å²) in [6, 6.07) is 4.41. The van der Waals surface area contributed by atoms with Crippen LogP contribution in [-0.2, 0) is 0 Å². The molecule has 6 nitrogen and oxygen atoms in total. The highest BCUT2D eigenvalue weighted by Crippen LogP contribution is 2.28. The van der Waals surface area contributed by atoms with E-state index in [1.54, 1.807) is 6.33 Å². The van der Waals surface area contributed by atoms with Crippen LogP contribution in [0.5, 0.6) is 0 Å². The van der Waals surface area contributed by atoms with Gasteiger partial charge in [0.2, 0.25) is 0 Å². The second-order valence-electron chi connectivity index (χ2n) is 4.59. The van der Waals surface area contributed by atoms with Crippen LogP contribution in [0, 0.1) is 0 Å². The van der Waals surface area contributed by atoms with Crippen molar-refractivity contribution in [1.82, 2.24) is 30.2 Å². The third-order valence-corrected chi connectivity index (χ3v) is 4.11. The number of pyridine rings is 1. The Morgan fingerprint density at radius 3 is 2.90 bits per heavy atom. The first-order chi connectivity index (χ1) is 10.3. The highest BCUT2D eigenvalue weighted by molar-refractivity contribution is 7.99. The lowest BCUT2D eigenvalue weighted by Crippen LogP contribution is -2.17. The summed E-state index contributed by atoms with van der Waals surface area (Å²) in [5, 5.41) is 5.10. The van der Waals surface area contributed by atoms with E-state index in [2.05, 4.69) is 50.2 Å². The molecule has 0 aliphatic rings. The number of aromatic amines is 1. The van der Waals surface area contributed by atoms with E-state index in [1.807, 2.05) is 12.3 Å². The predicted octanol–water partition coefficient (Wildman–Crippen LogP) is 2.57. The van der Waals surface area contributed by atoms with Gasteiger partial charge in [-0.05, 0) is 36.9 Å². The molecule has 0 fully saturated rings. The van der Waals surface area contributed by atoms with E-state index in [1.165, 1.54) is 23.7 Å². The maximum absolute atomic E-state index is 4.50. The molecule has 0 bridgehead atoms. The van der Waals surface area contributed by atoms with Crippen LogP contribution in [0.2, 0.25) is 0 Å². The van der Waals surface area contributed by atoms with E-state index in [4.69, 9.17) is 0 Å². The van der Waals surface area contributed by atoms with Gasteiger partial charge in [-0.3, -0.25) is 0 Å². The lowest BCUT2D eigenvalue weighted by molar-refractivity contribution is 0.595. The average Bonchev–Trinajstić information content (AvgIpc) is 2.98. The van der Waals surface area contributed by atoms with Crippen LogP contribution in [0.1, 0.15) is 25.5 Å². The maximum Gasteiger partial charge on any atom is 0.181 e. The van der Waals surface area contributed by atoms with Gasteiger partial charge in [-0.1, -0.05) is 13.0 Å². The maximum atomic E-state index is 4.50. The Morgan fingerprint density at radius 2 is 2.14 bits per heavy atom. The van der Waals surface area contributed by atoms with Crippen molar-refractivity contribution in [3.05, 3.63) is 36.5 Å². The first-order valence-electron chi connectivity index (χ1n) is 6.79. The average molecular weight is 300 g/mol. The lowest BCUT2D eigenvalue weighted by atomic mass is 10.1. The summed E-state index contributed by atoms with van der Waals surface area (Å²) in [5.41, 5.74) is 2.69. The highest BCUT2D eigenvalue weighted by Gasteiger charge is 2.09. The van der Waals surface area contributed by atoms with Gasteiger partial charge in [-0.15, -0.1) is 0 Å². The van der Waals surface area contributed by atoms with Crippen LogP contribution < -0.4 is 5.32 Å². The molecule has 3 aromatic heterocycles. The minimum absolute atomic E-state index is 0.305. The lowest BCUT2D eigenvalue weighted by Gasteiger charge is -2.12. The van der Waals surface area contributed by atoms with Crippen molar-refractivity contribution in [1.29, 1.82) is 0 Å². The molecule has 7 heteroatoms. The summed E-state index contributed by atoms with van der Waals surface area (Å²) in [7, 11) is 0. The Labute approximate surface area is 126 Å². The van der Waals surface area contributed by atoms with Crippen LogP contribution in [0.25, 0.3) is 11.2 Å². The van der Waals surface area contributed by atoms with E-state index >= 15 is 0 Å². The van der Waals surface area contributed by atoms with E-state index in [0.29, 0.717) is 11.7 Å². The van der Waals surface area contributed by atoms with Gasteiger partial charge in [0.15, 0.2) is 5.65 Å². The smallest absolute Gasteiger partial charge is 0.181 e. The van der Waals surface area contributed by atoms with Gasteiger partial charge in [0.1, 0.15) is 21.9 Å². The van der Waals surface area contributed by atoms with Crippen molar-refractivity contribution in [2.75, 3.05) is 6.54 Å². The second kappa shape index (κ2) is 6.19. The Bertz CT molecular complexity index is 724. The summed E-state index contributed by atoms with van der Waals surface area (Å²) in [6.45, 7) is 5.17. The molecule has 0 saturated heterocycles. The molecule has 3 rings (SSSR count). The number of hydrogen-bond acceptors (Lipinski definition) is 6. The van der Waals surface area contributed by atoms with Crippen LogP contribution in [0.4, 0.5) is 0 Å². The summed E-state index contributed by atoms with van der Waals surface area (Å²) >= 11 is 1.50. The largest absolute Gasteiger partial charge is 0.341 e. The van der Waals surface area contributed by atoms with Gasteiger partial charge >= 0.3 is 0 Å². The predicted molar refractivity (Wildman–Crippen MR) is 82.1 cm³/mol. The van der Waals surface area contributed by atoms with Gasteiger partial charge in [-0.2, -0.15) is 0 Å². The Kier molecular flexibility index (Phi) is 4.12. The molecular formula is C14H16N6S. The van der Waals surface area contributed by atoms with E-state index in [0.717, 1.165) is 22.1 Å². The zero-order valence-corrected chi connectivity index (χ0v) is 12.7.